The molecule has 1 aliphatic heterocycles. The summed E-state index contributed by atoms with van der Waals surface area (Å²) in [6.45, 7) is 8.14. The highest BCUT2D eigenvalue weighted by atomic mass is 16.5. The van der Waals surface area contributed by atoms with Crippen LogP contribution in [0.1, 0.15) is 37.8 Å². The van der Waals surface area contributed by atoms with E-state index >= 15 is 0 Å². The number of hydrogen-bond acceptors (Lipinski definition) is 3. The first-order chi connectivity index (χ1) is 10.3. The summed E-state index contributed by atoms with van der Waals surface area (Å²) in [5.74, 6) is -0.0399. The topological polar surface area (TPSA) is 66.8 Å². The highest BCUT2D eigenvalue weighted by molar-refractivity contribution is 6.00. The second-order valence-corrected chi connectivity index (χ2v) is 6.30. The average molecular weight is 305 g/mol. The van der Waals surface area contributed by atoms with Crippen molar-refractivity contribution in [2.75, 3.05) is 11.4 Å². The molecule has 1 aliphatic rings. The highest BCUT2D eigenvalue weighted by Crippen LogP contribution is 2.39. The van der Waals surface area contributed by atoms with Crippen molar-refractivity contribution < 1.29 is 19.4 Å². The van der Waals surface area contributed by atoms with Gasteiger partial charge in [-0.25, -0.2) is 0 Å². The number of rotatable bonds is 5. The third-order valence-corrected chi connectivity index (χ3v) is 3.73. The lowest BCUT2D eigenvalue weighted by atomic mass is 10.0. The predicted octanol–water partition coefficient (Wildman–Crippen LogP) is 2.92. The Balaban J connectivity index is 2.41. The van der Waals surface area contributed by atoms with Gasteiger partial charge in [-0.1, -0.05) is 19.9 Å². The standard InChI is InChI=1S/C17H23NO4/c1-10(2)7-14-17(21)18(6-5-15(19)20)13-9-11(3)8-12(4)16(13)22-14/h8-10,14H,5-7H2,1-4H3,(H,19,20). The molecule has 0 aromatic heterocycles. The molecule has 0 fully saturated rings. The summed E-state index contributed by atoms with van der Waals surface area (Å²) in [4.78, 5) is 25.1. The number of anilines is 1. The molecule has 1 heterocycles. The van der Waals surface area contributed by atoms with E-state index in [-0.39, 0.29) is 18.9 Å². The molecule has 1 aromatic rings. The van der Waals surface area contributed by atoms with Crippen molar-refractivity contribution in [2.45, 2.75) is 46.6 Å². The Morgan fingerprint density at radius 1 is 1.36 bits per heavy atom. The molecule has 1 N–H and O–H groups in total. The maximum atomic E-state index is 12.7. The van der Waals surface area contributed by atoms with Crippen LogP contribution < -0.4 is 9.64 Å². The number of carbonyl (C=O) groups is 2. The fourth-order valence-corrected chi connectivity index (χ4v) is 2.79. The van der Waals surface area contributed by atoms with Crippen LogP contribution in [-0.4, -0.2) is 29.6 Å². The third-order valence-electron chi connectivity index (χ3n) is 3.73. The minimum Gasteiger partial charge on any atom is -0.481 e. The van der Waals surface area contributed by atoms with Crippen LogP contribution >= 0.6 is 0 Å². The first kappa shape index (κ1) is 16.3. The van der Waals surface area contributed by atoms with E-state index in [2.05, 4.69) is 0 Å². The number of aryl methyl sites for hydroxylation is 2. The first-order valence-corrected chi connectivity index (χ1v) is 7.60. The summed E-state index contributed by atoms with van der Waals surface area (Å²) in [6.07, 6.45) is 0.00422. The maximum absolute atomic E-state index is 12.7. The van der Waals surface area contributed by atoms with Gasteiger partial charge >= 0.3 is 5.97 Å². The summed E-state index contributed by atoms with van der Waals surface area (Å²) in [5, 5.41) is 8.93. The molecule has 1 amide bonds. The van der Waals surface area contributed by atoms with Crippen molar-refractivity contribution in [3.05, 3.63) is 23.3 Å². The minimum atomic E-state index is -0.911. The molecular formula is C17H23NO4. The first-order valence-electron chi connectivity index (χ1n) is 7.60. The van der Waals surface area contributed by atoms with Crippen LogP contribution in [0.4, 0.5) is 5.69 Å². The Bertz CT molecular complexity index is 595. The van der Waals surface area contributed by atoms with Crippen LogP contribution in [0.15, 0.2) is 12.1 Å². The maximum Gasteiger partial charge on any atom is 0.305 e. The van der Waals surface area contributed by atoms with Gasteiger partial charge in [0.2, 0.25) is 0 Å². The molecule has 5 heteroatoms. The van der Waals surface area contributed by atoms with Crippen LogP contribution in [0.2, 0.25) is 0 Å². The number of benzene rings is 1. The molecule has 22 heavy (non-hydrogen) atoms. The number of ether oxygens (including phenoxy) is 1. The van der Waals surface area contributed by atoms with E-state index in [1.165, 1.54) is 0 Å². The van der Waals surface area contributed by atoms with Crippen LogP contribution in [-0.2, 0) is 9.59 Å². The van der Waals surface area contributed by atoms with E-state index in [1.54, 1.807) is 4.90 Å². The molecule has 0 aliphatic carbocycles. The third kappa shape index (κ3) is 3.40. The summed E-state index contributed by atoms with van der Waals surface area (Å²) < 4.78 is 5.94. The molecule has 0 saturated heterocycles. The van der Waals surface area contributed by atoms with Gasteiger partial charge in [0.15, 0.2) is 6.10 Å². The fourth-order valence-electron chi connectivity index (χ4n) is 2.79. The number of amides is 1. The van der Waals surface area contributed by atoms with Gasteiger partial charge in [-0.3, -0.25) is 9.59 Å². The van der Waals surface area contributed by atoms with Gasteiger partial charge in [0.25, 0.3) is 5.91 Å². The van der Waals surface area contributed by atoms with E-state index in [4.69, 9.17) is 9.84 Å². The molecule has 5 nitrogen and oxygen atoms in total. The molecular weight excluding hydrogens is 282 g/mol. The van der Waals surface area contributed by atoms with E-state index in [0.29, 0.717) is 23.8 Å². The number of fused-ring (bicyclic) bond motifs is 1. The zero-order valence-corrected chi connectivity index (χ0v) is 13.5. The van der Waals surface area contributed by atoms with Gasteiger partial charge in [-0.15, -0.1) is 0 Å². The highest BCUT2D eigenvalue weighted by Gasteiger charge is 2.35. The number of carboxylic acid groups (broad SMARTS) is 1. The Morgan fingerprint density at radius 2 is 2.05 bits per heavy atom. The van der Waals surface area contributed by atoms with Crippen LogP contribution in [0.25, 0.3) is 0 Å². The lowest BCUT2D eigenvalue weighted by Gasteiger charge is -2.36. The quantitative estimate of drug-likeness (QED) is 0.908. The van der Waals surface area contributed by atoms with Crippen molar-refractivity contribution >= 4 is 17.6 Å². The Kier molecular flexibility index (Phi) is 4.74. The summed E-state index contributed by atoms with van der Waals surface area (Å²) in [7, 11) is 0. The fraction of sp³-hybridized carbons (Fsp3) is 0.529. The molecule has 1 unspecified atom stereocenters. The van der Waals surface area contributed by atoms with Crippen LogP contribution in [0, 0.1) is 19.8 Å². The smallest absolute Gasteiger partial charge is 0.305 e. The molecule has 1 aromatic carbocycles. The Labute approximate surface area is 130 Å². The number of carbonyl (C=O) groups excluding carboxylic acids is 1. The van der Waals surface area contributed by atoms with Gasteiger partial charge in [0.1, 0.15) is 5.75 Å². The van der Waals surface area contributed by atoms with Crippen molar-refractivity contribution in [3.8, 4) is 5.75 Å². The molecule has 2 rings (SSSR count). The van der Waals surface area contributed by atoms with Gasteiger partial charge in [-0.05, 0) is 43.4 Å². The summed E-state index contributed by atoms with van der Waals surface area (Å²) in [5.41, 5.74) is 2.68. The van der Waals surface area contributed by atoms with Crippen molar-refractivity contribution in [1.29, 1.82) is 0 Å². The number of hydrogen-bond donors (Lipinski definition) is 1. The van der Waals surface area contributed by atoms with Gasteiger partial charge in [0, 0.05) is 6.54 Å². The summed E-state index contributed by atoms with van der Waals surface area (Å²) in [6, 6.07) is 3.89. The SMILES string of the molecule is Cc1cc(C)c2c(c1)N(CCC(=O)O)C(=O)C(CC(C)C)O2. The second-order valence-electron chi connectivity index (χ2n) is 6.30. The van der Waals surface area contributed by atoms with E-state index in [1.807, 2.05) is 39.8 Å². The summed E-state index contributed by atoms with van der Waals surface area (Å²) >= 11 is 0. The average Bonchev–Trinajstić information content (AvgIpc) is 2.39. The second kappa shape index (κ2) is 6.38. The zero-order valence-electron chi connectivity index (χ0n) is 13.5. The Morgan fingerprint density at radius 3 is 2.64 bits per heavy atom. The molecule has 0 bridgehead atoms. The molecule has 120 valence electrons. The number of nitrogens with zero attached hydrogens (tertiary/aromatic N) is 1. The lowest BCUT2D eigenvalue weighted by molar-refractivity contribution is -0.136. The van der Waals surface area contributed by atoms with Crippen molar-refractivity contribution in [2.24, 2.45) is 5.92 Å². The number of aliphatic carboxylic acids is 1. The van der Waals surface area contributed by atoms with Gasteiger partial charge < -0.3 is 14.7 Å². The largest absolute Gasteiger partial charge is 0.481 e. The van der Waals surface area contributed by atoms with Crippen LogP contribution in [0.5, 0.6) is 5.75 Å². The molecule has 0 saturated carbocycles. The Hall–Kier alpha value is -2.04. The zero-order chi connectivity index (χ0) is 16.4. The normalized spacial score (nSPS) is 17.4. The van der Waals surface area contributed by atoms with Gasteiger partial charge in [0.05, 0.1) is 12.1 Å². The minimum absolute atomic E-state index is 0.0768. The van der Waals surface area contributed by atoms with E-state index in [9.17, 15) is 9.59 Å². The van der Waals surface area contributed by atoms with Crippen molar-refractivity contribution in [1.82, 2.24) is 0 Å². The molecule has 0 spiro atoms. The molecule has 0 radical (unpaired) electrons. The van der Waals surface area contributed by atoms with Crippen LogP contribution in [0.3, 0.4) is 0 Å². The van der Waals surface area contributed by atoms with E-state index < -0.39 is 12.1 Å². The predicted molar refractivity (Wildman–Crippen MR) is 84.4 cm³/mol. The lowest BCUT2D eigenvalue weighted by Crippen LogP contribution is -2.47. The van der Waals surface area contributed by atoms with Gasteiger partial charge in [-0.2, -0.15) is 0 Å². The van der Waals surface area contributed by atoms with E-state index in [0.717, 1.165) is 11.1 Å². The van der Waals surface area contributed by atoms with Crippen molar-refractivity contribution in [3.63, 3.8) is 0 Å². The number of carboxylic acids is 1. The monoisotopic (exact) mass is 305 g/mol. The molecule has 1 atom stereocenters.